The molecule has 2 aromatic carbocycles. The van der Waals surface area contributed by atoms with Crippen LogP contribution in [0.3, 0.4) is 0 Å². The molecule has 0 spiro atoms. The fourth-order valence-corrected chi connectivity index (χ4v) is 2.79. The molecule has 1 aliphatic heterocycles. The summed E-state index contributed by atoms with van der Waals surface area (Å²) in [7, 11) is 0. The molecule has 0 saturated carbocycles. The Hall–Kier alpha value is -1.95. The number of hydrogen-bond donors (Lipinski definition) is 2. The van der Waals surface area contributed by atoms with Crippen molar-refractivity contribution < 1.29 is 13.6 Å². The van der Waals surface area contributed by atoms with Crippen LogP contribution < -0.4 is 10.6 Å². The molecule has 2 aromatic rings. The van der Waals surface area contributed by atoms with E-state index in [-0.39, 0.29) is 11.6 Å². The van der Waals surface area contributed by atoms with E-state index in [9.17, 15) is 13.6 Å². The highest BCUT2D eigenvalue weighted by molar-refractivity contribution is 9.10. The standard InChI is InChI=1S/C14H9BrF2N2O/c15-7-3-1-6-10-11(7)13(14(20)18-10)19-12-8(16)4-2-5-9(12)17/h1-6,13,19H,(H,18,20). The summed E-state index contributed by atoms with van der Waals surface area (Å²) < 4.78 is 28.0. The number of halogens is 3. The normalized spacial score (nSPS) is 16.8. The first-order valence-corrected chi connectivity index (χ1v) is 6.67. The molecule has 20 heavy (non-hydrogen) atoms. The summed E-state index contributed by atoms with van der Waals surface area (Å²) in [6.07, 6.45) is 0. The van der Waals surface area contributed by atoms with Crippen molar-refractivity contribution in [3.05, 3.63) is 58.1 Å². The van der Waals surface area contributed by atoms with Crippen LogP contribution in [-0.4, -0.2) is 5.91 Å². The topological polar surface area (TPSA) is 41.1 Å². The van der Waals surface area contributed by atoms with Crippen LogP contribution in [0, 0.1) is 11.6 Å². The molecule has 0 radical (unpaired) electrons. The Kier molecular flexibility index (Phi) is 3.17. The second-order valence-electron chi connectivity index (χ2n) is 4.36. The molecular formula is C14H9BrF2N2O. The molecule has 1 aliphatic rings. The number of amides is 1. The Morgan fingerprint density at radius 3 is 2.45 bits per heavy atom. The third-order valence-electron chi connectivity index (χ3n) is 3.11. The number of carbonyl (C=O) groups is 1. The molecule has 1 atom stereocenters. The Bertz CT molecular complexity index is 685. The molecular weight excluding hydrogens is 330 g/mol. The van der Waals surface area contributed by atoms with E-state index in [4.69, 9.17) is 0 Å². The fraction of sp³-hybridized carbons (Fsp3) is 0.0714. The van der Waals surface area contributed by atoms with Gasteiger partial charge in [0, 0.05) is 15.7 Å². The minimum atomic E-state index is -0.841. The van der Waals surface area contributed by atoms with E-state index in [0.29, 0.717) is 15.7 Å². The molecule has 1 heterocycles. The van der Waals surface area contributed by atoms with Crippen LogP contribution in [0.4, 0.5) is 20.2 Å². The maximum Gasteiger partial charge on any atom is 0.251 e. The van der Waals surface area contributed by atoms with Crippen LogP contribution in [0.15, 0.2) is 40.9 Å². The quantitative estimate of drug-likeness (QED) is 0.873. The predicted molar refractivity (Wildman–Crippen MR) is 75.5 cm³/mol. The van der Waals surface area contributed by atoms with Gasteiger partial charge < -0.3 is 10.6 Å². The van der Waals surface area contributed by atoms with Gasteiger partial charge in [0.15, 0.2) is 0 Å². The lowest BCUT2D eigenvalue weighted by atomic mass is 10.1. The number of carbonyl (C=O) groups excluding carboxylic acids is 1. The van der Waals surface area contributed by atoms with E-state index in [1.807, 2.05) is 0 Å². The van der Waals surface area contributed by atoms with Gasteiger partial charge in [0.1, 0.15) is 23.4 Å². The van der Waals surface area contributed by atoms with Crippen molar-refractivity contribution in [2.45, 2.75) is 6.04 Å². The molecule has 0 fully saturated rings. The van der Waals surface area contributed by atoms with E-state index in [0.717, 1.165) is 12.1 Å². The molecule has 3 nitrogen and oxygen atoms in total. The highest BCUT2D eigenvalue weighted by Gasteiger charge is 2.33. The van der Waals surface area contributed by atoms with Crippen molar-refractivity contribution in [2.24, 2.45) is 0 Å². The number of hydrogen-bond acceptors (Lipinski definition) is 2. The first-order valence-electron chi connectivity index (χ1n) is 5.88. The largest absolute Gasteiger partial charge is 0.365 e. The first-order chi connectivity index (χ1) is 9.58. The number of rotatable bonds is 2. The van der Waals surface area contributed by atoms with Crippen molar-refractivity contribution in [3.63, 3.8) is 0 Å². The van der Waals surface area contributed by atoms with Crippen LogP contribution in [0.25, 0.3) is 0 Å². The van der Waals surface area contributed by atoms with Crippen molar-refractivity contribution >= 4 is 33.2 Å². The highest BCUT2D eigenvalue weighted by atomic mass is 79.9. The summed E-state index contributed by atoms with van der Waals surface area (Å²) >= 11 is 3.35. The van der Waals surface area contributed by atoms with Gasteiger partial charge in [-0.1, -0.05) is 28.1 Å². The van der Waals surface area contributed by atoms with E-state index in [2.05, 4.69) is 26.6 Å². The number of fused-ring (bicyclic) bond motifs is 1. The van der Waals surface area contributed by atoms with Crippen LogP contribution >= 0.6 is 15.9 Å². The lowest BCUT2D eigenvalue weighted by molar-refractivity contribution is -0.116. The van der Waals surface area contributed by atoms with Crippen LogP contribution in [0.1, 0.15) is 11.6 Å². The third kappa shape index (κ3) is 2.06. The van der Waals surface area contributed by atoms with Crippen LogP contribution in [0.5, 0.6) is 0 Å². The lowest BCUT2D eigenvalue weighted by Crippen LogP contribution is -2.21. The van der Waals surface area contributed by atoms with Crippen molar-refractivity contribution in [1.29, 1.82) is 0 Å². The molecule has 3 rings (SSSR count). The molecule has 6 heteroatoms. The lowest BCUT2D eigenvalue weighted by Gasteiger charge is -2.15. The molecule has 0 saturated heterocycles. The number of anilines is 2. The first kappa shape index (κ1) is 13.1. The van der Waals surface area contributed by atoms with Gasteiger partial charge in [0.05, 0.1) is 0 Å². The van der Waals surface area contributed by atoms with Gasteiger partial charge in [-0.15, -0.1) is 0 Å². The SMILES string of the molecule is O=C1Nc2cccc(Br)c2C1Nc1c(F)cccc1F. The summed E-state index contributed by atoms with van der Waals surface area (Å²) in [5, 5.41) is 5.30. The number of nitrogens with one attached hydrogen (secondary N) is 2. The molecule has 0 aliphatic carbocycles. The third-order valence-corrected chi connectivity index (χ3v) is 3.80. The summed E-state index contributed by atoms with van der Waals surface area (Å²) in [6.45, 7) is 0. The van der Waals surface area contributed by atoms with Crippen LogP contribution in [0.2, 0.25) is 0 Å². The Balaban J connectivity index is 2.03. The average molecular weight is 339 g/mol. The van der Waals surface area contributed by atoms with Gasteiger partial charge in [-0.25, -0.2) is 8.78 Å². The second-order valence-corrected chi connectivity index (χ2v) is 5.22. The zero-order valence-electron chi connectivity index (χ0n) is 10.1. The monoisotopic (exact) mass is 338 g/mol. The Labute approximate surface area is 122 Å². The molecule has 2 N–H and O–H groups in total. The maximum absolute atomic E-state index is 13.7. The van der Waals surface area contributed by atoms with Crippen molar-refractivity contribution in [2.75, 3.05) is 10.6 Å². The molecule has 1 amide bonds. The zero-order chi connectivity index (χ0) is 14.3. The number of para-hydroxylation sites is 1. The van der Waals surface area contributed by atoms with Crippen molar-refractivity contribution in [3.8, 4) is 0 Å². The predicted octanol–water partition coefficient (Wildman–Crippen LogP) is 3.83. The maximum atomic E-state index is 13.7. The summed E-state index contributed by atoms with van der Waals surface area (Å²) in [4.78, 5) is 12.0. The minimum Gasteiger partial charge on any atom is -0.365 e. The van der Waals surface area contributed by atoms with Gasteiger partial charge in [-0.2, -0.15) is 0 Å². The van der Waals surface area contributed by atoms with E-state index < -0.39 is 17.7 Å². The van der Waals surface area contributed by atoms with Gasteiger partial charge >= 0.3 is 0 Å². The summed E-state index contributed by atoms with van der Waals surface area (Å²) in [5.74, 6) is -1.83. The van der Waals surface area contributed by atoms with E-state index >= 15 is 0 Å². The molecule has 0 bridgehead atoms. The van der Waals surface area contributed by atoms with E-state index in [1.54, 1.807) is 18.2 Å². The summed E-state index contributed by atoms with van der Waals surface area (Å²) in [5.41, 5.74) is 0.954. The fourth-order valence-electron chi connectivity index (χ4n) is 2.19. The smallest absolute Gasteiger partial charge is 0.251 e. The van der Waals surface area contributed by atoms with Gasteiger partial charge in [0.25, 0.3) is 5.91 Å². The Morgan fingerprint density at radius 1 is 1.10 bits per heavy atom. The highest BCUT2D eigenvalue weighted by Crippen LogP contribution is 2.38. The second kappa shape index (κ2) is 4.86. The van der Waals surface area contributed by atoms with Crippen LogP contribution in [-0.2, 0) is 4.79 Å². The van der Waals surface area contributed by atoms with Crippen molar-refractivity contribution in [1.82, 2.24) is 0 Å². The zero-order valence-corrected chi connectivity index (χ0v) is 11.7. The van der Waals surface area contributed by atoms with Gasteiger partial charge in [-0.05, 0) is 24.3 Å². The molecule has 0 aromatic heterocycles. The molecule has 1 unspecified atom stereocenters. The number of benzene rings is 2. The minimum absolute atomic E-state index is 0.309. The average Bonchev–Trinajstić information content (AvgIpc) is 2.71. The van der Waals surface area contributed by atoms with Gasteiger partial charge in [0.2, 0.25) is 0 Å². The van der Waals surface area contributed by atoms with E-state index in [1.165, 1.54) is 6.07 Å². The molecule has 102 valence electrons. The Morgan fingerprint density at radius 2 is 1.75 bits per heavy atom. The summed E-state index contributed by atoms with van der Waals surface area (Å²) in [6, 6.07) is 7.98. The van der Waals surface area contributed by atoms with Gasteiger partial charge in [-0.3, -0.25) is 4.79 Å².